The zero-order valence-corrected chi connectivity index (χ0v) is 14.0. The number of nitrogens with zero attached hydrogens (tertiary/aromatic N) is 1. The number of nitrogens with one attached hydrogen (secondary N) is 1. The van der Waals surface area contributed by atoms with Crippen LogP contribution >= 0.6 is 11.8 Å². The molecule has 0 radical (unpaired) electrons. The van der Waals surface area contributed by atoms with Gasteiger partial charge >= 0.3 is 0 Å². The molecule has 23 heavy (non-hydrogen) atoms. The van der Waals surface area contributed by atoms with Gasteiger partial charge < -0.3 is 5.32 Å². The summed E-state index contributed by atoms with van der Waals surface area (Å²) >= 11 is 1.70. The van der Waals surface area contributed by atoms with Crippen LogP contribution in [0.15, 0.2) is 23.1 Å². The number of carbonyl (C=O) groups is 2. The number of carbonyl (C=O) groups excluding carboxylic acids is 2. The molecular formula is C18H22N2O2S. The van der Waals surface area contributed by atoms with Gasteiger partial charge in [0.05, 0.1) is 0 Å². The predicted molar refractivity (Wildman–Crippen MR) is 91.2 cm³/mol. The minimum atomic E-state index is -0.0325. The van der Waals surface area contributed by atoms with E-state index in [0.717, 1.165) is 29.1 Å². The highest BCUT2D eigenvalue weighted by molar-refractivity contribution is 7.99. The Morgan fingerprint density at radius 2 is 2.04 bits per heavy atom. The van der Waals surface area contributed by atoms with Crippen LogP contribution in [0.1, 0.15) is 52.8 Å². The zero-order chi connectivity index (χ0) is 15.8. The maximum atomic E-state index is 12.6. The lowest BCUT2D eigenvalue weighted by atomic mass is 9.96. The molecule has 0 bridgehead atoms. The number of fused-ring (bicyclic) bond motifs is 2. The smallest absolute Gasteiger partial charge is 0.251 e. The lowest BCUT2D eigenvalue weighted by molar-refractivity contribution is 0.0868. The van der Waals surface area contributed by atoms with Crippen LogP contribution in [-0.2, 0) is 0 Å². The zero-order valence-electron chi connectivity index (χ0n) is 13.2. The summed E-state index contributed by atoms with van der Waals surface area (Å²) in [6.07, 6.45) is 5.21. The summed E-state index contributed by atoms with van der Waals surface area (Å²) in [5.74, 6) is 0.972. The van der Waals surface area contributed by atoms with Gasteiger partial charge in [0.25, 0.3) is 5.91 Å². The van der Waals surface area contributed by atoms with Crippen molar-refractivity contribution in [3.8, 4) is 0 Å². The van der Waals surface area contributed by atoms with Crippen molar-refractivity contribution < 1.29 is 9.59 Å². The number of ketones is 1. The van der Waals surface area contributed by atoms with Gasteiger partial charge in [-0.25, -0.2) is 0 Å². The Morgan fingerprint density at radius 1 is 1.22 bits per heavy atom. The number of Topliss-reactive ketones (excluding diaryl/α,β-unsaturated/α-hetero) is 1. The Labute approximate surface area is 141 Å². The summed E-state index contributed by atoms with van der Waals surface area (Å²) in [6, 6.07) is 6.32. The summed E-state index contributed by atoms with van der Waals surface area (Å²) in [4.78, 5) is 28.2. The van der Waals surface area contributed by atoms with Gasteiger partial charge in [0.2, 0.25) is 0 Å². The Hall–Kier alpha value is -1.33. The van der Waals surface area contributed by atoms with Crippen LogP contribution in [0.3, 0.4) is 0 Å². The number of rotatable bonds is 2. The Balaban J connectivity index is 1.51. The molecule has 0 unspecified atom stereocenters. The lowest BCUT2D eigenvalue weighted by Gasteiger charge is -2.37. The number of hydrogen-bond donors (Lipinski definition) is 1. The molecule has 1 aromatic carbocycles. The van der Waals surface area contributed by atoms with Crippen LogP contribution in [0.5, 0.6) is 0 Å². The highest BCUT2D eigenvalue weighted by atomic mass is 32.2. The molecule has 122 valence electrons. The van der Waals surface area contributed by atoms with E-state index >= 15 is 0 Å². The second kappa shape index (κ2) is 6.29. The molecule has 0 aromatic heterocycles. The van der Waals surface area contributed by atoms with Crippen LogP contribution in [0.2, 0.25) is 0 Å². The highest BCUT2D eigenvalue weighted by Gasteiger charge is 2.35. The van der Waals surface area contributed by atoms with E-state index in [-0.39, 0.29) is 17.7 Å². The fraction of sp³-hybridized carbons (Fsp3) is 0.556. The van der Waals surface area contributed by atoms with E-state index in [9.17, 15) is 9.59 Å². The number of benzene rings is 1. The van der Waals surface area contributed by atoms with Crippen molar-refractivity contribution in [1.82, 2.24) is 10.2 Å². The second-order valence-electron chi connectivity index (χ2n) is 6.70. The molecule has 2 atom stereocenters. The van der Waals surface area contributed by atoms with E-state index < -0.39 is 0 Å². The van der Waals surface area contributed by atoms with Gasteiger partial charge in [0, 0.05) is 40.3 Å². The molecule has 4 nitrogen and oxygen atoms in total. The van der Waals surface area contributed by atoms with Crippen LogP contribution < -0.4 is 5.32 Å². The van der Waals surface area contributed by atoms with Gasteiger partial charge in [-0.15, -0.1) is 11.8 Å². The normalized spacial score (nSPS) is 27.4. The van der Waals surface area contributed by atoms with Crippen molar-refractivity contribution in [2.75, 3.05) is 18.8 Å². The lowest BCUT2D eigenvalue weighted by Crippen LogP contribution is -2.52. The molecule has 3 heterocycles. The first-order valence-electron chi connectivity index (χ1n) is 8.57. The first-order valence-corrected chi connectivity index (χ1v) is 9.56. The summed E-state index contributed by atoms with van der Waals surface area (Å²) < 4.78 is 0. The van der Waals surface area contributed by atoms with Gasteiger partial charge in [-0.1, -0.05) is 0 Å². The first kappa shape index (κ1) is 15.2. The minimum Gasteiger partial charge on any atom is -0.348 e. The predicted octanol–water partition coefficient (Wildman–Crippen LogP) is 2.72. The molecule has 1 aromatic rings. The van der Waals surface area contributed by atoms with E-state index in [1.807, 2.05) is 12.1 Å². The van der Waals surface area contributed by atoms with Crippen molar-refractivity contribution in [2.24, 2.45) is 0 Å². The van der Waals surface area contributed by atoms with E-state index in [1.54, 1.807) is 17.8 Å². The standard InChI is InChI=1S/C18H22N2O2S/c21-16-7-10-23-17-6-5-12(11-13(16)17)18(22)19-14-3-1-8-20-9-2-4-15(14)20/h5-6,11,14-15H,1-4,7-10H2,(H,19,22)/t14-,15+/m1/s1. The van der Waals surface area contributed by atoms with Crippen LogP contribution in [0.25, 0.3) is 0 Å². The van der Waals surface area contributed by atoms with Crippen LogP contribution in [0.4, 0.5) is 0 Å². The second-order valence-corrected chi connectivity index (χ2v) is 7.84. The fourth-order valence-electron chi connectivity index (χ4n) is 4.12. The molecule has 1 N–H and O–H groups in total. The summed E-state index contributed by atoms with van der Waals surface area (Å²) in [7, 11) is 0. The number of thioether (sulfide) groups is 1. The van der Waals surface area contributed by atoms with E-state index in [1.165, 1.54) is 25.9 Å². The van der Waals surface area contributed by atoms with Crippen LogP contribution in [-0.4, -0.2) is 47.5 Å². The van der Waals surface area contributed by atoms with E-state index in [0.29, 0.717) is 18.0 Å². The highest BCUT2D eigenvalue weighted by Crippen LogP contribution is 2.31. The molecule has 0 spiro atoms. The molecule has 2 saturated heterocycles. The molecule has 5 heteroatoms. The third-order valence-corrected chi connectivity index (χ3v) is 6.36. The number of hydrogen-bond acceptors (Lipinski definition) is 4. The Kier molecular flexibility index (Phi) is 4.16. The first-order chi connectivity index (χ1) is 11.2. The number of amides is 1. The van der Waals surface area contributed by atoms with Gasteiger partial charge in [0.1, 0.15) is 0 Å². The topological polar surface area (TPSA) is 49.4 Å². The summed E-state index contributed by atoms with van der Waals surface area (Å²) in [5, 5.41) is 3.23. The fourth-order valence-corrected chi connectivity index (χ4v) is 5.12. The Bertz CT molecular complexity index is 646. The molecule has 0 aliphatic carbocycles. The largest absolute Gasteiger partial charge is 0.348 e. The van der Waals surface area contributed by atoms with Crippen molar-refractivity contribution >= 4 is 23.5 Å². The summed E-state index contributed by atoms with van der Waals surface area (Å²) in [5.41, 5.74) is 1.34. The van der Waals surface area contributed by atoms with E-state index in [2.05, 4.69) is 10.2 Å². The maximum Gasteiger partial charge on any atom is 0.251 e. The molecule has 4 rings (SSSR count). The molecule has 1 amide bonds. The molecule has 2 fully saturated rings. The van der Waals surface area contributed by atoms with Gasteiger partial charge in [0.15, 0.2) is 5.78 Å². The minimum absolute atomic E-state index is 0.0325. The van der Waals surface area contributed by atoms with Gasteiger partial charge in [-0.3, -0.25) is 14.5 Å². The molecule has 0 saturated carbocycles. The SMILES string of the molecule is O=C(N[C@@H]1CCCN2CCC[C@@H]12)c1ccc2c(c1)C(=O)CCS2. The van der Waals surface area contributed by atoms with Crippen molar-refractivity contribution in [3.05, 3.63) is 29.3 Å². The van der Waals surface area contributed by atoms with Crippen molar-refractivity contribution in [2.45, 2.75) is 49.1 Å². The van der Waals surface area contributed by atoms with Crippen LogP contribution in [0, 0.1) is 0 Å². The average molecular weight is 330 g/mol. The van der Waals surface area contributed by atoms with Gasteiger partial charge in [-0.2, -0.15) is 0 Å². The molecular weight excluding hydrogens is 308 g/mol. The van der Waals surface area contributed by atoms with Crippen molar-refractivity contribution in [1.29, 1.82) is 0 Å². The third kappa shape index (κ3) is 2.92. The van der Waals surface area contributed by atoms with Gasteiger partial charge in [-0.05, 0) is 57.0 Å². The average Bonchev–Trinajstić information content (AvgIpc) is 3.04. The molecule has 3 aliphatic rings. The Morgan fingerprint density at radius 3 is 2.91 bits per heavy atom. The molecule has 3 aliphatic heterocycles. The quantitative estimate of drug-likeness (QED) is 0.906. The van der Waals surface area contributed by atoms with E-state index in [4.69, 9.17) is 0 Å². The van der Waals surface area contributed by atoms with Crippen molar-refractivity contribution in [3.63, 3.8) is 0 Å². The maximum absolute atomic E-state index is 12.6. The number of piperidine rings is 1. The monoisotopic (exact) mass is 330 g/mol. The third-order valence-electron chi connectivity index (χ3n) is 5.28. The summed E-state index contributed by atoms with van der Waals surface area (Å²) in [6.45, 7) is 2.34.